The van der Waals surface area contributed by atoms with Crippen LogP contribution in [-0.2, 0) is 22.1 Å². The Morgan fingerprint density at radius 3 is 2.46 bits per heavy atom. The highest BCUT2D eigenvalue weighted by atomic mass is 32.1. The number of piperidine rings is 1. The maximum absolute atomic E-state index is 12.4. The summed E-state index contributed by atoms with van der Waals surface area (Å²) < 4.78 is 1.79. The topological polar surface area (TPSA) is 80.1 Å². The fourth-order valence-electron chi connectivity index (χ4n) is 3.04. The van der Waals surface area contributed by atoms with Crippen molar-refractivity contribution in [2.24, 2.45) is 7.05 Å². The first-order valence-electron chi connectivity index (χ1n) is 8.79. The van der Waals surface area contributed by atoms with Crippen molar-refractivity contribution in [3.63, 3.8) is 0 Å². The summed E-state index contributed by atoms with van der Waals surface area (Å²) in [5.74, 6) is -0.703. The smallest absolute Gasteiger partial charge is 0.315 e. The highest BCUT2D eigenvalue weighted by Gasteiger charge is 2.29. The van der Waals surface area contributed by atoms with Crippen LogP contribution >= 0.6 is 11.3 Å². The first kappa shape index (κ1) is 18.6. The van der Waals surface area contributed by atoms with Crippen LogP contribution in [0.3, 0.4) is 0 Å². The molecule has 0 unspecified atom stereocenters. The number of likely N-dealkylation sites (tertiary alicyclic amines) is 1. The monoisotopic (exact) mass is 375 g/mol. The van der Waals surface area contributed by atoms with Gasteiger partial charge < -0.3 is 4.90 Å². The van der Waals surface area contributed by atoms with Gasteiger partial charge in [0.25, 0.3) is 0 Å². The van der Waals surface area contributed by atoms with E-state index >= 15 is 0 Å². The summed E-state index contributed by atoms with van der Waals surface area (Å²) in [6.45, 7) is 7.42. The van der Waals surface area contributed by atoms with Crippen molar-refractivity contribution in [1.82, 2.24) is 19.7 Å². The Hall–Kier alpha value is -2.22. The quantitative estimate of drug-likeness (QED) is 0.818. The molecule has 26 heavy (non-hydrogen) atoms. The van der Waals surface area contributed by atoms with E-state index in [4.69, 9.17) is 0 Å². The third-order valence-electron chi connectivity index (χ3n) is 4.64. The minimum Gasteiger partial charge on any atom is -0.334 e. The van der Waals surface area contributed by atoms with E-state index in [0.717, 1.165) is 17.7 Å². The average molecular weight is 375 g/mol. The van der Waals surface area contributed by atoms with Gasteiger partial charge in [-0.25, -0.2) is 4.98 Å². The Morgan fingerprint density at radius 2 is 1.92 bits per heavy atom. The largest absolute Gasteiger partial charge is 0.334 e. The van der Waals surface area contributed by atoms with Crippen molar-refractivity contribution < 1.29 is 9.59 Å². The number of carbonyl (C=O) groups excluding carboxylic acids is 2. The molecular weight excluding hydrogens is 350 g/mol. The number of aromatic nitrogens is 3. The van der Waals surface area contributed by atoms with Gasteiger partial charge in [0.2, 0.25) is 0 Å². The fraction of sp³-hybridized carbons (Fsp3) is 0.556. The number of aryl methyl sites for hydroxylation is 1. The molecule has 1 fully saturated rings. The zero-order chi connectivity index (χ0) is 18.9. The minimum absolute atomic E-state index is 0.0289. The van der Waals surface area contributed by atoms with Gasteiger partial charge in [-0.1, -0.05) is 20.8 Å². The molecule has 0 spiro atoms. The van der Waals surface area contributed by atoms with Crippen molar-refractivity contribution >= 4 is 28.3 Å². The molecule has 1 saturated heterocycles. The van der Waals surface area contributed by atoms with Gasteiger partial charge in [0.1, 0.15) is 0 Å². The first-order valence-corrected chi connectivity index (χ1v) is 9.61. The molecule has 0 bridgehead atoms. The summed E-state index contributed by atoms with van der Waals surface area (Å²) in [5.41, 5.74) is 1.17. The van der Waals surface area contributed by atoms with Crippen molar-refractivity contribution in [3.8, 4) is 0 Å². The summed E-state index contributed by atoms with van der Waals surface area (Å²) in [6.07, 6.45) is 7.34. The fourth-order valence-corrected chi connectivity index (χ4v) is 3.91. The molecule has 2 aromatic heterocycles. The van der Waals surface area contributed by atoms with Gasteiger partial charge in [-0.05, 0) is 29.7 Å². The normalized spacial score (nSPS) is 15.9. The molecule has 2 amide bonds. The molecule has 3 rings (SSSR count). The van der Waals surface area contributed by atoms with Crippen LogP contribution in [0.25, 0.3) is 0 Å². The van der Waals surface area contributed by atoms with Gasteiger partial charge >= 0.3 is 11.8 Å². The SMILES string of the molecule is Cn1cc(C2CCN(C(=O)C(=O)Nc3ncc(C(C)(C)C)s3)CC2)cn1. The Kier molecular flexibility index (Phi) is 5.13. The molecule has 0 saturated carbocycles. The number of thiazole rings is 1. The highest BCUT2D eigenvalue weighted by Crippen LogP contribution is 2.30. The summed E-state index contributed by atoms with van der Waals surface area (Å²) in [5, 5.41) is 7.32. The lowest BCUT2D eigenvalue weighted by Gasteiger charge is -2.31. The summed E-state index contributed by atoms with van der Waals surface area (Å²) in [6, 6.07) is 0. The maximum Gasteiger partial charge on any atom is 0.315 e. The summed E-state index contributed by atoms with van der Waals surface area (Å²) >= 11 is 1.41. The van der Waals surface area contributed by atoms with Gasteiger partial charge in [0, 0.05) is 37.4 Å². The summed E-state index contributed by atoms with van der Waals surface area (Å²) in [4.78, 5) is 31.6. The molecule has 8 heteroatoms. The molecule has 7 nitrogen and oxygen atoms in total. The third kappa shape index (κ3) is 4.12. The molecule has 3 heterocycles. The van der Waals surface area contributed by atoms with Gasteiger partial charge in [0.15, 0.2) is 5.13 Å². The van der Waals surface area contributed by atoms with Crippen LogP contribution in [0, 0.1) is 0 Å². The van der Waals surface area contributed by atoms with Crippen molar-refractivity contribution in [1.29, 1.82) is 0 Å². The number of nitrogens with zero attached hydrogens (tertiary/aromatic N) is 4. The van der Waals surface area contributed by atoms with Crippen LogP contribution in [0.2, 0.25) is 0 Å². The van der Waals surface area contributed by atoms with Crippen LogP contribution < -0.4 is 5.32 Å². The number of hydrogen-bond donors (Lipinski definition) is 1. The highest BCUT2D eigenvalue weighted by molar-refractivity contribution is 7.16. The van der Waals surface area contributed by atoms with E-state index in [1.165, 1.54) is 16.9 Å². The minimum atomic E-state index is -0.611. The zero-order valence-electron chi connectivity index (χ0n) is 15.7. The van der Waals surface area contributed by atoms with E-state index in [2.05, 4.69) is 36.2 Å². The number of anilines is 1. The van der Waals surface area contributed by atoms with Crippen LogP contribution in [0.15, 0.2) is 18.6 Å². The first-order chi connectivity index (χ1) is 12.2. The standard InChI is InChI=1S/C18H25N5O2S/c1-18(2,3)14-10-19-17(26-14)21-15(24)16(25)23-7-5-12(6-8-23)13-9-20-22(4)11-13/h9-12H,5-8H2,1-4H3,(H,19,21,24). The molecule has 140 valence electrons. The molecule has 1 aliphatic heterocycles. The molecular formula is C18H25N5O2S. The molecule has 0 atom stereocenters. The predicted octanol–water partition coefficient (Wildman–Crippen LogP) is 2.52. The molecule has 1 aliphatic rings. The molecule has 0 radical (unpaired) electrons. The third-order valence-corrected chi connectivity index (χ3v) is 5.98. The molecule has 2 aromatic rings. The van der Waals surface area contributed by atoms with Gasteiger partial charge in [-0.2, -0.15) is 5.10 Å². The Labute approximate surface area is 157 Å². The second-order valence-corrected chi connectivity index (χ2v) is 8.78. The van der Waals surface area contributed by atoms with E-state index in [-0.39, 0.29) is 5.41 Å². The van der Waals surface area contributed by atoms with Crippen molar-refractivity contribution in [3.05, 3.63) is 29.0 Å². The molecule has 1 N–H and O–H groups in total. The second-order valence-electron chi connectivity index (χ2n) is 7.75. The Morgan fingerprint density at radius 1 is 1.23 bits per heavy atom. The van der Waals surface area contributed by atoms with E-state index in [0.29, 0.717) is 24.1 Å². The predicted molar refractivity (Wildman–Crippen MR) is 101 cm³/mol. The van der Waals surface area contributed by atoms with Crippen LogP contribution in [0.4, 0.5) is 5.13 Å². The van der Waals surface area contributed by atoms with Crippen molar-refractivity contribution in [2.75, 3.05) is 18.4 Å². The van der Waals surface area contributed by atoms with Crippen LogP contribution in [-0.4, -0.2) is 44.6 Å². The number of amides is 2. The number of carbonyl (C=O) groups is 2. The Bertz CT molecular complexity index is 797. The summed E-state index contributed by atoms with van der Waals surface area (Å²) in [7, 11) is 1.90. The number of rotatable bonds is 2. The van der Waals surface area contributed by atoms with E-state index in [1.54, 1.807) is 15.8 Å². The van der Waals surface area contributed by atoms with E-state index in [1.807, 2.05) is 19.4 Å². The van der Waals surface area contributed by atoms with Crippen molar-refractivity contribution in [2.45, 2.75) is 44.9 Å². The van der Waals surface area contributed by atoms with E-state index < -0.39 is 11.8 Å². The van der Waals surface area contributed by atoms with Gasteiger partial charge in [-0.3, -0.25) is 19.6 Å². The lowest BCUT2D eigenvalue weighted by Crippen LogP contribution is -2.43. The van der Waals surface area contributed by atoms with Crippen LogP contribution in [0.5, 0.6) is 0 Å². The van der Waals surface area contributed by atoms with Gasteiger partial charge in [0.05, 0.1) is 6.20 Å². The number of nitrogens with one attached hydrogen (secondary N) is 1. The molecule has 0 aliphatic carbocycles. The van der Waals surface area contributed by atoms with Gasteiger partial charge in [-0.15, -0.1) is 11.3 Å². The second kappa shape index (κ2) is 7.19. The maximum atomic E-state index is 12.4. The average Bonchev–Trinajstić information content (AvgIpc) is 3.23. The van der Waals surface area contributed by atoms with Crippen LogP contribution in [0.1, 0.15) is 50.0 Å². The van der Waals surface area contributed by atoms with E-state index in [9.17, 15) is 9.59 Å². The lowest BCUT2D eigenvalue weighted by molar-refractivity contribution is -0.143. The zero-order valence-corrected chi connectivity index (χ0v) is 16.5. The lowest BCUT2D eigenvalue weighted by atomic mass is 9.91. The molecule has 0 aromatic carbocycles. The Balaban J connectivity index is 1.54. The number of hydrogen-bond acceptors (Lipinski definition) is 5.